The molecule has 13 heavy (non-hydrogen) atoms. The molecule has 0 aromatic carbocycles. The van der Waals surface area contributed by atoms with Gasteiger partial charge >= 0.3 is 0 Å². The summed E-state index contributed by atoms with van der Waals surface area (Å²) in [5.41, 5.74) is 0. The lowest BCUT2D eigenvalue weighted by Crippen LogP contribution is -1.47. The van der Waals surface area contributed by atoms with E-state index in [2.05, 4.69) is 34.3 Å². The van der Waals surface area contributed by atoms with E-state index in [1.807, 2.05) is 20.8 Å². The second kappa shape index (κ2) is 60.3. The first-order valence-corrected chi connectivity index (χ1v) is 5.81. The third-order valence-electron chi connectivity index (χ3n) is 1.000. The predicted octanol–water partition coefficient (Wildman–Crippen LogP) is 5.83. The normalized spacial score (nSPS) is 6.08. The Balaban J connectivity index is -0.0000000431. The standard InChI is InChI=1S/2C4H10.C3H6.C2H6/c2*1-3-4-2;1-3-2;1-2/h2*3-4H2,1-2H3;3H,1H2,2H3;1-2H3. The van der Waals surface area contributed by atoms with Gasteiger partial charge in [0.2, 0.25) is 0 Å². The summed E-state index contributed by atoms with van der Waals surface area (Å²) in [4.78, 5) is 0. The smallest absolute Gasteiger partial charge is 0.0473 e. The van der Waals surface area contributed by atoms with Crippen LogP contribution in [0.2, 0.25) is 0 Å². The Labute approximate surface area is 87.4 Å². The van der Waals surface area contributed by atoms with Crippen molar-refractivity contribution in [3.05, 3.63) is 12.7 Å². The third-order valence-corrected chi connectivity index (χ3v) is 1.000. The maximum atomic E-state index is 3.36. The van der Waals surface area contributed by atoms with Gasteiger partial charge in [-0.05, 0) is 6.92 Å². The van der Waals surface area contributed by atoms with Crippen LogP contribution in [0.4, 0.5) is 0 Å². The van der Waals surface area contributed by atoms with Crippen LogP contribution in [0, 0.1) is 0 Å². The fourth-order valence-electron chi connectivity index (χ4n) is 0. The maximum Gasteiger partial charge on any atom is -0.0473 e. The minimum Gasteiger partial charge on any atom is -0.103 e. The van der Waals surface area contributed by atoms with E-state index in [-0.39, 0.29) is 0 Å². The third kappa shape index (κ3) is 368. The summed E-state index contributed by atoms with van der Waals surface area (Å²) < 4.78 is 0. The van der Waals surface area contributed by atoms with Crippen molar-refractivity contribution in [1.29, 1.82) is 0 Å². The summed E-state index contributed by atoms with van der Waals surface area (Å²) in [6, 6.07) is 0. The molecule has 0 aliphatic heterocycles. The molecule has 0 N–H and O–H groups in total. The van der Waals surface area contributed by atoms with Gasteiger partial charge in [-0.1, -0.05) is 73.3 Å². The molecule has 0 radical (unpaired) electrons. The van der Waals surface area contributed by atoms with Gasteiger partial charge < -0.3 is 0 Å². The summed E-state index contributed by atoms with van der Waals surface area (Å²) >= 11 is 0. The molecule has 0 spiro atoms. The molecule has 0 bridgehead atoms. The zero-order valence-corrected chi connectivity index (χ0v) is 11.1. The molecule has 0 aliphatic carbocycles. The topological polar surface area (TPSA) is 0 Å². The average molecular weight is 188 g/mol. The second-order valence-corrected chi connectivity index (χ2v) is 2.41. The largest absolute Gasteiger partial charge is 0.103 e. The fourth-order valence-corrected chi connectivity index (χ4v) is 0. The van der Waals surface area contributed by atoms with E-state index < -0.39 is 0 Å². The highest BCUT2D eigenvalue weighted by atomic mass is 13.6. The molecule has 0 nitrogen and oxygen atoms in total. The van der Waals surface area contributed by atoms with Crippen molar-refractivity contribution < 1.29 is 0 Å². The zero-order chi connectivity index (χ0) is 11.5. The lowest BCUT2D eigenvalue weighted by Gasteiger charge is -1.68. The highest BCUT2D eigenvalue weighted by Gasteiger charge is 1.56. The number of unbranched alkanes of at least 4 members (excludes halogenated alkanes) is 2. The summed E-state index contributed by atoms with van der Waals surface area (Å²) in [6.07, 6.45) is 7.03. The van der Waals surface area contributed by atoms with Crippen molar-refractivity contribution in [2.24, 2.45) is 0 Å². The molecule has 0 heteroatoms. The van der Waals surface area contributed by atoms with Crippen LogP contribution >= 0.6 is 0 Å². The van der Waals surface area contributed by atoms with E-state index in [4.69, 9.17) is 0 Å². The van der Waals surface area contributed by atoms with Crippen LogP contribution in [0.3, 0.4) is 0 Å². The number of hydrogen-bond acceptors (Lipinski definition) is 0. The van der Waals surface area contributed by atoms with Gasteiger partial charge in [0.05, 0.1) is 0 Å². The fraction of sp³-hybridized carbons (Fsp3) is 0.846. The molecule has 0 rings (SSSR count). The number of hydrogen-bond donors (Lipinski definition) is 0. The quantitative estimate of drug-likeness (QED) is 0.478. The van der Waals surface area contributed by atoms with Crippen molar-refractivity contribution in [1.82, 2.24) is 0 Å². The Hall–Kier alpha value is -0.260. The monoisotopic (exact) mass is 188 g/mol. The minimum atomic E-state index is 1.32. The Morgan fingerprint density at radius 2 is 0.846 bits per heavy atom. The Morgan fingerprint density at radius 1 is 0.769 bits per heavy atom. The van der Waals surface area contributed by atoms with Crippen LogP contribution in [-0.2, 0) is 0 Å². The molecular formula is C13H32. The van der Waals surface area contributed by atoms with Crippen LogP contribution in [-0.4, -0.2) is 0 Å². The molecule has 0 atom stereocenters. The van der Waals surface area contributed by atoms with E-state index in [0.29, 0.717) is 0 Å². The number of rotatable bonds is 2. The first-order valence-electron chi connectivity index (χ1n) is 5.81. The highest BCUT2D eigenvalue weighted by Crippen LogP contribution is 1.77. The molecule has 0 saturated carbocycles. The van der Waals surface area contributed by atoms with Crippen LogP contribution < -0.4 is 0 Å². The van der Waals surface area contributed by atoms with Gasteiger partial charge in [0.15, 0.2) is 0 Å². The Kier molecular flexibility index (Phi) is 107. The van der Waals surface area contributed by atoms with Gasteiger partial charge in [0.1, 0.15) is 0 Å². The summed E-state index contributed by atoms with van der Waals surface area (Å²) in [6.45, 7) is 18.0. The van der Waals surface area contributed by atoms with Gasteiger partial charge in [-0.2, -0.15) is 0 Å². The SMILES string of the molecule is C=CC.CC.CCCC.CCCC. The van der Waals surface area contributed by atoms with Crippen molar-refractivity contribution in [3.8, 4) is 0 Å². The van der Waals surface area contributed by atoms with Gasteiger partial charge in [-0.3, -0.25) is 0 Å². The molecule has 0 aliphatic rings. The van der Waals surface area contributed by atoms with Crippen LogP contribution in [0.25, 0.3) is 0 Å². The maximum absolute atomic E-state index is 3.36. The molecule has 0 aromatic heterocycles. The van der Waals surface area contributed by atoms with E-state index in [1.54, 1.807) is 6.08 Å². The van der Waals surface area contributed by atoms with Crippen LogP contribution in [0.5, 0.6) is 0 Å². The molecule has 0 heterocycles. The van der Waals surface area contributed by atoms with E-state index in [9.17, 15) is 0 Å². The highest BCUT2D eigenvalue weighted by molar-refractivity contribution is 4.51. The van der Waals surface area contributed by atoms with E-state index >= 15 is 0 Å². The summed E-state index contributed by atoms with van der Waals surface area (Å²) in [5.74, 6) is 0. The molecule has 0 amide bonds. The lowest BCUT2D eigenvalue weighted by atomic mass is 10.4. The van der Waals surface area contributed by atoms with Gasteiger partial charge in [-0.15, -0.1) is 6.58 Å². The molecule has 0 saturated heterocycles. The van der Waals surface area contributed by atoms with Gasteiger partial charge in [0.25, 0.3) is 0 Å². The summed E-state index contributed by atoms with van der Waals surface area (Å²) in [5, 5.41) is 0. The molecule has 84 valence electrons. The molecular weight excluding hydrogens is 156 g/mol. The van der Waals surface area contributed by atoms with Gasteiger partial charge in [0, 0.05) is 0 Å². The summed E-state index contributed by atoms with van der Waals surface area (Å²) in [7, 11) is 0. The minimum absolute atomic E-state index is 1.32. The Morgan fingerprint density at radius 3 is 0.846 bits per heavy atom. The van der Waals surface area contributed by atoms with Crippen LogP contribution in [0.15, 0.2) is 12.7 Å². The first kappa shape index (κ1) is 23.0. The Bertz CT molecular complexity index is 29.3. The lowest BCUT2D eigenvalue weighted by molar-refractivity contribution is 0.886. The van der Waals surface area contributed by atoms with Gasteiger partial charge in [-0.25, -0.2) is 0 Å². The van der Waals surface area contributed by atoms with E-state index in [0.717, 1.165) is 0 Å². The predicted molar refractivity (Wildman–Crippen MR) is 68.4 cm³/mol. The van der Waals surface area contributed by atoms with Crippen molar-refractivity contribution in [2.75, 3.05) is 0 Å². The average Bonchev–Trinajstić information content (AvgIpc) is 2.22. The molecule has 0 unspecified atom stereocenters. The van der Waals surface area contributed by atoms with Crippen molar-refractivity contribution in [2.45, 2.75) is 74.1 Å². The van der Waals surface area contributed by atoms with E-state index in [1.165, 1.54) is 25.7 Å². The van der Waals surface area contributed by atoms with Crippen LogP contribution in [0.1, 0.15) is 74.1 Å². The second-order valence-electron chi connectivity index (χ2n) is 2.41. The van der Waals surface area contributed by atoms with Crippen molar-refractivity contribution in [3.63, 3.8) is 0 Å². The molecule has 0 aromatic rings. The number of allylic oxidation sites excluding steroid dienone is 1. The zero-order valence-electron chi connectivity index (χ0n) is 11.1. The van der Waals surface area contributed by atoms with Crippen molar-refractivity contribution >= 4 is 0 Å². The molecule has 0 fully saturated rings. The first-order chi connectivity index (χ1) is 6.24.